The fraction of sp³-hybridized carbons (Fsp3) is 0.188. The molecule has 0 unspecified atom stereocenters. The van der Waals surface area contributed by atoms with Gasteiger partial charge in [-0.1, -0.05) is 48.5 Å². The van der Waals surface area contributed by atoms with Crippen molar-refractivity contribution in [2.45, 2.75) is 19.3 Å². The zero-order valence-corrected chi connectivity index (χ0v) is 11.8. The summed E-state index contributed by atoms with van der Waals surface area (Å²) in [6.45, 7) is 1.92. The Morgan fingerprint density at radius 3 is 2.57 bits per heavy atom. The lowest BCUT2D eigenvalue weighted by Crippen LogP contribution is -2.19. The van der Waals surface area contributed by atoms with Crippen LogP contribution in [0.4, 0.5) is 0 Å². The molecule has 2 rings (SSSR count). The van der Waals surface area contributed by atoms with Gasteiger partial charge in [-0.15, -0.1) is 0 Å². The third kappa shape index (κ3) is 3.89. The number of nitrogens with two attached hydrogens (primary N) is 1. The molecule has 0 spiro atoms. The molecule has 0 saturated heterocycles. The number of hydrogen-bond acceptors (Lipinski definition) is 4. The van der Waals surface area contributed by atoms with Crippen LogP contribution in [-0.4, -0.2) is 16.8 Å². The van der Waals surface area contributed by atoms with Crippen LogP contribution in [0.15, 0.2) is 59.9 Å². The molecular weight excluding hydrogens is 266 g/mol. The minimum atomic E-state index is -0.428. The summed E-state index contributed by atoms with van der Waals surface area (Å²) in [5.74, 6) is -0.707. The fourth-order valence-corrected chi connectivity index (χ4v) is 1.94. The van der Waals surface area contributed by atoms with Crippen LogP contribution in [0.3, 0.4) is 0 Å². The summed E-state index contributed by atoms with van der Waals surface area (Å²) < 4.78 is 0. The van der Waals surface area contributed by atoms with Gasteiger partial charge in [-0.05, 0) is 24.1 Å². The molecule has 21 heavy (non-hydrogen) atoms. The zero-order chi connectivity index (χ0) is 15.1. The number of rotatable bonds is 5. The van der Waals surface area contributed by atoms with Gasteiger partial charge in [0, 0.05) is 6.20 Å². The van der Waals surface area contributed by atoms with E-state index in [1.165, 1.54) is 0 Å². The van der Waals surface area contributed by atoms with Gasteiger partial charge in [0.1, 0.15) is 5.69 Å². The standard InChI is InChI=1S/C16H17N3O2/c1-2-13(12-8-4-3-5-9-12)16(20)21-19-15(17)14-10-6-7-11-18-14/h3-11,13H,2H2,1H3,(H2,17,19)/t13-/m0/s1. The molecule has 0 aliphatic rings. The molecule has 1 atom stereocenters. The van der Waals surface area contributed by atoms with Crippen molar-refractivity contribution >= 4 is 11.8 Å². The molecule has 1 aromatic heterocycles. The summed E-state index contributed by atoms with van der Waals surface area (Å²) in [5, 5.41) is 3.67. The summed E-state index contributed by atoms with van der Waals surface area (Å²) in [7, 11) is 0. The summed E-state index contributed by atoms with van der Waals surface area (Å²) in [4.78, 5) is 21.1. The Morgan fingerprint density at radius 2 is 1.95 bits per heavy atom. The van der Waals surface area contributed by atoms with Crippen molar-refractivity contribution in [2.75, 3.05) is 0 Å². The molecule has 0 amide bonds. The molecule has 2 aromatic rings. The normalized spacial score (nSPS) is 12.7. The molecule has 0 saturated carbocycles. The van der Waals surface area contributed by atoms with E-state index in [1.807, 2.05) is 37.3 Å². The number of carbonyl (C=O) groups excluding carboxylic acids is 1. The molecule has 1 aromatic carbocycles. The number of benzene rings is 1. The maximum absolute atomic E-state index is 12.1. The lowest BCUT2D eigenvalue weighted by atomic mass is 9.97. The summed E-state index contributed by atoms with van der Waals surface area (Å²) >= 11 is 0. The maximum atomic E-state index is 12.1. The number of nitrogens with zero attached hydrogens (tertiary/aromatic N) is 2. The average Bonchev–Trinajstić information content (AvgIpc) is 2.55. The molecule has 5 nitrogen and oxygen atoms in total. The van der Waals surface area contributed by atoms with E-state index < -0.39 is 5.97 Å². The Hall–Kier alpha value is -2.69. The highest BCUT2D eigenvalue weighted by atomic mass is 16.7. The van der Waals surface area contributed by atoms with Crippen molar-refractivity contribution < 1.29 is 9.63 Å². The lowest BCUT2D eigenvalue weighted by molar-refractivity contribution is -0.145. The number of oxime groups is 1. The second-order valence-corrected chi connectivity index (χ2v) is 4.47. The summed E-state index contributed by atoms with van der Waals surface area (Å²) in [6.07, 6.45) is 2.22. The van der Waals surface area contributed by atoms with E-state index in [-0.39, 0.29) is 11.8 Å². The highest BCUT2D eigenvalue weighted by Crippen LogP contribution is 2.20. The minimum Gasteiger partial charge on any atom is -0.379 e. The van der Waals surface area contributed by atoms with Crippen molar-refractivity contribution in [3.05, 3.63) is 66.0 Å². The Bertz CT molecular complexity index is 612. The van der Waals surface area contributed by atoms with Gasteiger partial charge < -0.3 is 10.6 Å². The van der Waals surface area contributed by atoms with Crippen LogP contribution in [0, 0.1) is 0 Å². The second-order valence-electron chi connectivity index (χ2n) is 4.47. The molecule has 5 heteroatoms. The first-order valence-corrected chi connectivity index (χ1v) is 6.73. The smallest absolute Gasteiger partial charge is 0.342 e. The molecule has 0 bridgehead atoms. The number of aromatic nitrogens is 1. The number of pyridine rings is 1. The predicted molar refractivity (Wildman–Crippen MR) is 80.5 cm³/mol. The van der Waals surface area contributed by atoms with Gasteiger partial charge in [-0.3, -0.25) is 4.98 Å². The first-order chi connectivity index (χ1) is 10.2. The average molecular weight is 283 g/mol. The van der Waals surface area contributed by atoms with Crippen LogP contribution in [0.25, 0.3) is 0 Å². The van der Waals surface area contributed by atoms with Gasteiger partial charge in [0.05, 0.1) is 5.92 Å². The molecular formula is C16H17N3O2. The van der Waals surface area contributed by atoms with Crippen LogP contribution in [0.5, 0.6) is 0 Å². The van der Waals surface area contributed by atoms with E-state index in [2.05, 4.69) is 10.1 Å². The Kier molecular flexibility index (Phi) is 5.04. The van der Waals surface area contributed by atoms with Crippen molar-refractivity contribution in [3.63, 3.8) is 0 Å². The van der Waals surface area contributed by atoms with Gasteiger partial charge in [0.2, 0.25) is 0 Å². The zero-order valence-electron chi connectivity index (χ0n) is 11.8. The van der Waals surface area contributed by atoms with E-state index in [9.17, 15) is 4.79 Å². The second kappa shape index (κ2) is 7.19. The fourth-order valence-electron chi connectivity index (χ4n) is 1.94. The van der Waals surface area contributed by atoms with Gasteiger partial charge >= 0.3 is 5.97 Å². The third-order valence-electron chi connectivity index (χ3n) is 3.06. The van der Waals surface area contributed by atoms with E-state index in [4.69, 9.17) is 10.6 Å². The van der Waals surface area contributed by atoms with Crippen LogP contribution in [0.2, 0.25) is 0 Å². The van der Waals surface area contributed by atoms with Gasteiger partial charge in [0.25, 0.3) is 0 Å². The van der Waals surface area contributed by atoms with Crippen molar-refractivity contribution in [3.8, 4) is 0 Å². The van der Waals surface area contributed by atoms with E-state index in [0.717, 1.165) is 5.56 Å². The summed E-state index contributed by atoms with van der Waals surface area (Å²) in [5.41, 5.74) is 7.10. The third-order valence-corrected chi connectivity index (χ3v) is 3.06. The largest absolute Gasteiger partial charge is 0.379 e. The van der Waals surface area contributed by atoms with Gasteiger partial charge in [-0.25, -0.2) is 4.79 Å². The first-order valence-electron chi connectivity index (χ1n) is 6.73. The van der Waals surface area contributed by atoms with Gasteiger partial charge in [-0.2, -0.15) is 0 Å². The Morgan fingerprint density at radius 1 is 1.24 bits per heavy atom. The quantitative estimate of drug-likeness (QED) is 0.396. The molecule has 0 radical (unpaired) electrons. The molecule has 0 fully saturated rings. The van der Waals surface area contributed by atoms with Crippen LogP contribution in [-0.2, 0) is 9.63 Å². The van der Waals surface area contributed by atoms with E-state index in [1.54, 1.807) is 24.4 Å². The molecule has 108 valence electrons. The van der Waals surface area contributed by atoms with E-state index >= 15 is 0 Å². The maximum Gasteiger partial charge on any atom is 0.342 e. The lowest BCUT2D eigenvalue weighted by Gasteiger charge is -2.11. The van der Waals surface area contributed by atoms with Crippen molar-refractivity contribution in [1.82, 2.24) is 4.98 Å². The van der Waals surface area contributed by atoms with Crippen LogP contribution in [0.1, 0.15) is 30.5 Å². The SMILES string of the molecule is CC[C@H](C(=O)O/N=C(/N)c1ccccn1)c1ccccc1. The van der Waals surface area contributed by atoms with Crippen molar-refractivity contribution in [1.29, 1.82) is 0 Å². The highest BCUT2D eigenvalue weighted by molar-refractivity contribution is 5.95. The predicted octanol–water partition coefficient (Wildman–Crippen LogP) is 2.44. The van der Waals surface area contributed by atoms with Crippen molar-refractivity contribution in [2.24, 2.45) is 10.9 Å². The topological polar surface area (TPSA) is 77.6 Å². The molecule has 2 N–H and O–H groups in total. The number of amidine groups is 1. The summed E-state index contributed by atoms with van der Waals surface area (Å²) in [6, 6.07) is 14.7. The Labute approximate surface area is 123 Å². The Balaban J connectivity index is 2.07. The number of hydrogen-bond donors (Lipinski definition) is 1. The van der Waals surface area contributed by atoms with Crippen LogP contribution < -0.4 is 5.73 Å². The molecule has 0 aliphatic heterocycles. The van der Waals surface area contributed by atoms with Gasteiger partial charge in [0.15, 0.2) is 5.84 Å². The van der Waals surface area contributed by atoms with Crippen LogP contribution >= 0.6 is 0 Å². The molecule has 0 aliphatic carbocycles. The highest BCUT2D eigenvalue weighted by Gasteiger charge is 2.20. The first kappa shape index (κ1) is 14.7. The molecule has 1 heterocycles. The minimum absolute atomic E-state index is 0.0758. The van der Waals surface area contributed by atoms with E-state index in [0.29, 0.717) is 12.1 Å². The number of carbonyl (C=O) groups is 1. The monoisotopic (exact) mass is 283 g/mol.